The van der Waals surface area contributed by atoms with Gasteiger partial charge >= 0.3 is 0 Å². The van der Waals surface area contributed by atoms with Gasteiger partial charge in [0.25, 0.3) is 11.1 Å². The molecule has 3 rings (SSSR count). The molecule has 1 aromatic rings. The Kier molecular flexibility index (Phi) is 6.07. The van der Waals surface area contributed by atoms with Crippen LogP contribution in [0.1, 0.15) is 24.6 Å². The van der Waals surface area contributed by atoms with E-state index in [1.54, 1.807) is 17.9 Å². The number of thioether (sulfide) groups is 1. The van der Waals surface area contributed by atoms with Crippen molar-refractivity contribution in [2.45, 2.75) is 25.8 Å². The first-order valence-corrected chi connectivity index (χ1v) is 12.1. The van der Waals surface area contributed by atoms with Gasteiger partial charge in [0.1, 0.15) is 0 Å². The lowest BCUT2D eigenvalue weighted by molar-refractivity contribution is -0.133. The molecule has 0 aliphatic carbocycles. The Bertz CT molecular complexity index is 876. The summed E-state index contributed by atoms with van der Waals surface area (Å²) in [5, 5.41) is 1.50. The summed E-state index contributed by atoms with van der Waals surface area (Å²) in [6.07, 6.45) is 2.11. The number of imide groups is 1. The van der Waals surface area contributed by atoms with Crippen LogP contribution in [0.25, 0.3) is 6.08 Å². The largest absolute Gasteiger partial charge is 0.339 e. The molecule has 2 saturated heterocycles. The predicted octanol–water partition coefficient (Wildman–Crippen LogP) is 2.21. The highest BCUT2D eigenvalue weighted by atomic mass is 32.2. The summed E-state index contributed by atoms with van der Waals surface area (Å²) in [7, 11) is -3.09. The smallest absolute Gasteiger partial charge is 0.293 e. The fraction of sp³-hybridized carbons (Fsp3) is 0.471. The molecule has 0 radical (unpaired) electrons. The maximum Gasteiger partial charge on any atom is 0.293 e. The Morgan fingerprint density at radius 1 is 1.41 bits per heavy atom. The fourth-order valence-corrected chi connectivity index (χ4v) is 6.52. The third-order valence-electron chi connectivity index (χ3n) is 4.55. The molecular formula is C17H20N2O5S3. The Morgan fingerprint density at radius 3 is 2.78 bits per heavy atom. The van der Waals surface area contributed by atoms with Crippen LogP contribution in [0.15, 0.2) is 22.4 Å². The van der Waals surface area contributed by atoms with Crippen molar-refractivity contribution in [3.63, 3.8) is 0 Å². The van der Waals surface area contributed by atoms with E-state index in [-0.39, 0.29) is 41.7 Å². The minimum Gasteiger partial charge on any atom is -0.339 e. The molecule has 2 fully saturated rings. The molecule has 1 aromatic heterocycles. The van der Waals surface area contributed by atoms with Gasteiger partial charge in [0.2, 0.25) is 5.91 Å². The summed E-state index contributed by atoms with van der Waals surface area (Å²) in [6, 6.07) is 3.40. The molecule has 3 amide bonds. The molecule has 2 aliphatic heterocycles. The van der Waals surface area contributed by atoms with E-state index in [0.717, 1.165) is 21.5 Å². The minimum absolute atomic E-state index is 0.00124. The molecule has 0 saturated carbocycles. The van der Waals surface area contributed by atoms with E-state index >= 15 is 0 Å². The quantitative estimate of drug-likeness (QED) is 0.645. The molecule has 0 bridgehead atoms. The summed E-state index contributed by atoms with van der Waals surface area (Å²) in [4.78, 5) is 41.0. The highest BCUT2D eigenvalue weighted by Crippen LogP contribution is 2.33. The molecule has 1 atom stereocenters. The first-order valence-electron chi connectivity index (χ1n) is 8.59. The molecule has 0 aromatic carbocycles. The van der Waals surface area contributed by atoms with Gasteiger partial charge in [0.15, 0.2) is 9.84 Å². The van der Waals surface area contributed by atoms with Gasteiger partial charge in [-0.3, -0.25) is 19.3 Å². The van der Waals surface area contributed by atoms with Crippen LogP contribution >= 0.6 is 23.1 Å². The molecule has 146 valence electrons. The minimum atomic E-state index is -3.09. The van der Waals surface area contributed by atoms with Gasteiger partial charge in [-0.05, 0) is 42.6 Å². The third kappa shape index (κ3) is 4.61. The first kappa shape index (κ1) is 20.1. The van der Waals surface area contributed by atoms with Crippen LogP contribution in [0.3, 0.4) is 0 Å². The number of hydrogen-bond donors (Lipinski definition) is 0. The Morgan fingerprint density at radius 2 is 2.19 bits per heavy atom. The standard InChI is InChI=1S/C17H20N2O5S3/c1-2-18(12-6-9-27(23,24)11-12)15(20)5-7-19-16(21)14(26-17(19)22)10-13-4-3-8-25-13/h3-4,8,10,12H,2,5-7,9,11H2,1H3. The number of carbonyl (C=O) groups is 3. The van der Waals surface area contributed by atoms with E-state index in [4.69, 9.17) is 0 Å². The zero-order valence-corrected chi connectivity index (χ0v) is 17.2. The summed E-state index contributed by atoms with van der Waals surface area (Å²) in [6.45, 7) is 2.20. The maximum atomic E-state index is 12.5. The van der Waals surface area contributed by atoms with Crippen LogP contribution in [0.5, 0.6) is 0 Å². The lowest BCUT2D eigenvalue weighted by Gasteiger charge is -2.27. The van der Waals surface area contributed by atoms with Crippen LogP contribution < -0.4 is 0 Å². The second-order valence-electron chi connectivity index (χ2n) is 6.34. The number of nitrogens with zero attached hydrogens (tertiary/aromatic N) is 2. The van der Waals surface area contributed by atoms with E-state index < -0.39 is 15.7 Å². The number of thiophene rings is 1. The zero-order chi connectivity index (χ0) is 19.6. The van der Waals surface area contributed by atoms with Crippen LogP contribution in [-0.4, -0.2) is 65.9 Å². The average Bonchev–Trinajstić information content (AvgIpc) is 3.29. The van der Waals surface area contributed by atoms with Crippen LogP contribution in [-0.2, 0) is 19.4 Å². The van der Waals surface area contributed by atoms with Crippen molar-refractivity contribution in [3.8, 4) is 0 Å². The first-order chi connectivity index (χ1) is 12.8. The molecular weight excluding hydrogens is 408 g/mol. The zero-order valence-electron chi connectivity index (χ0n) is 14.8. The number of rotatable bonds is 6. The van der Waals surface area contributed by atoms with Crippen molar-refractivity contribution in [2.24, 2.45) is 0 Å². The lowest BCUT2D eigenvalue weighted by atomic mass is 10.2. The number of hydrogen-bond acceptors (Lipinski definition) is 7. The van der Waals surface area contributed by atoms with Gasteiger partial charge in [-0.1, -0.05) is 6.07 Å². The number of amides is 3. The van der Waals surface area contributed by atoms with E-state index in [0.29, 0.717) is 17.9 Å². The highest BCUT2D eigenvalue weighted by Gasteiger charge is 2.37. The molecule has 0 spiro atoms. The second-order valence-corrected chi connectivity index (χ2v) is 10.5. The van der Waals surface area contributed by atoms with Crippen molar-refractivity contribution in [1.82, 2.24) is 9.80 Å². The lowest BCUT2D eigenvalue weighted by Crippen LogP contribution is -2.42. The molecule has 10 heteroatoms. The predicted molar refractivity (Wildman–Crippen MR) is 106 cm³/mol. The fourth-order valence-electron chi connectivity index (χ4n) is 3.21. The Labute approximate surface area is 166 Å². The Balaban J connectivity index is 1.61. The summed E-state index contributed by atoms with van der Waals surface area (Å²) in [5.74, 6) is -0.547. The summed E-state index contributed by atoms with van der Waals surface area (Å²) >= 11 is 2.34. The van der Waals surface area contributed by atoms with Gasteiger partial charge in [-0.2, -0.15) is 0 Å². The van der Waals surface area contributed by atoms with Crippen LogP contribution in [0, 0.1) is 0 Å². The SMILES string of the molecule is CCN(C(=O)CCN1C(=O)SC(=Cc2cccs2)C1=O)C1CCS(=O)(=O)C1. The molecule has 1 unspecified atom stereocenters. The van der Waals surface area contributed by atoms with Crippen LogP contribution in [0.2, 0.25) is 0 Å². The third-order valence-corrected chi connectivity index (χ3v) is 8.03. The van der Waals surface area contributed by atoms with Crippen molar-refractivity contribution >= 4 is 56.1 Å². The van der Waals surface area contributed by atoms with E-state index in [2.05, 4.69) is 0 Å². The van der Waals surface area contributed by atoms with E-state index in [1.165, 1.54) is 11.3 Å². The maximum absolute atomic E-state index is 12.5. The molecule has 2 aliphatic rings. The second kappa shape index (κ2) is 8.15. The number of carbonyl (C=O) groups excluding carboxylic acids is 3. The van der Waals surface area contributed by atoms with Gasteiger partial charge in [0.05, 0.1) is 16.4 Å². The summed E-state index contributed by atoms with van der Waals surface area (Å²) < 4.78 is 23.3. The van der Waals surface area contributed by atoms with Gasteiger partial charge in [-0.25, -0.2) is 8.42 Å². The normalized spacial score (nSPS) is 23.4. The van der Waals surface area contributed by atoms with Gasteiger partial charge < -0.3 is 4.90 Å². The molecule has 0 N–H and O–H groups in total. The summed E-state index contributed by atoms with van der Waals surface area (Å²) in [5.41, 5.74) is 0. The van der Waals surface area contributed by atoms with Crippen molar-refractivity contribution < 1.29 is 22.8 Å². The van der Waals surface area contributed by atoms with Crippen molar-refractivity contribution in [3.05, 3.63) is 27.3 Å². The Hall–Kier alpha value is -1.65. The van der Waals surface area contributed by atoms with Crippen molar-refractivity contribution in [1.29, 1.82) is 0 Å². The molecule has 7 nitrogen and oxygen atoms in total. The molecule has 27 heavy (non-hydrogen) atoms. The molecule has 3 heterocycles. The highest BCUT2D eigenvalue weighted by molar-refractivity contribution is 8.18. The van der Waals surface area contributed by atoms with Gasteiger partial charge in [0, 0.05) is 30.4 Å². The van der Waals surface area contributed by atoms with Crippen LogP contribution in [0.4, 0.5) is 4.79 Å². The average molecular weight is 429 g/mol. The van der Waals surface area contributed by atoms with Gasteiger partial charge in [-0.15, -0.1) is 11.3 Å². The monoisotopic (exact) mass is 428 g/mol. The van der Waals surface area contributed by atoms with E-state index in [1.807, 2.05) is 17.5 Å². The van der Waals surface area contributed by atoms with Crippen molar-refractivity contribution in [2.75, 3.05) is 24.6 Å². The van der Waals surface area contributed by atoms with E-state index in [9.17, 15) is 22.8 Å². The topological polar surface area (TPSA) is 91.8 Å². The number of sulfone groups is 1.